The maximum atomic E-state index is 4.73. The van der Waals surface area contributed by atoms with E-state index in [0.29, 0.717) is 12.4 Å². The van der Waals surface area contributed by atoms with Crippen molar-refractivity contribution in [2.75, 3.05) is 23.3 Å². The molecule has 29 heavy (non-hydrogen) atoms. The van der Waals surface area contributed by atoms with Crippen LogP contribution in [0.1, 0.15) is 42.5 Å². The average Bonchev–Trinajstić information content (AvgIpc) is 3.05. The van der Waals surface area contributed by atoms with Gasteiger partial charge in [-0.1, -0.05) is 18.9 Å². The van der Waals surface area contributed by atoms with E-state index in [1.54, 1.807) is 12.4 Å². The Labute approximate surface area is 172 Å². The molecule has 0 spiro atoms. The summed E-state index contributed by atoms with van der Waals surface area (Å²) in [6.07, 6.45) is 10.7. The molecule has 0 unspecified atom stereocenters. The normalized spacial score (nSPS) is 14.5. The SMILES string of the molecule is Cc1nc(-c2cccnc2)nc(NCc2ccc(N3CCCCCC3)nc2)c1C. The van der Waals surface area contributed by atoms with Crippen molar-refractivity contribution in [3.8, 4) is 11.4 Å². The van der Waals surface area contributed by atoms with E-state index in [2.05, 4.69) is 32.3 Å². The number of nitrogens with zero attached hydrogens (tertiary/aromatic N) is 5. The third-order valence-electron chi connectivity index (χ3n) is 5.51. The number of hydrogen-bond acceptors (Lipinski definition) is 6. The summed E-state index contributed by atoms with van der Waals surface area (Å²) < 4.78 is 0. The highest BCUT2D eigenvalue weighted by molar-refractivity contribution is 5.58. The number of hydrogen-bond donors (Lipinski definition) is 1. The lowest BCUT2D eigenvalue weighted by Crippen LogP contribution is -2.24. The van der Waals surface area contributed by atoms with Crippen molar-refractivity contribution in [1.82, 2.24) is 19.9 Å². The molecule has 4 heterocycles. The van der Waals surface area contributed by atoms with Crippen molar-refractivity contribution in [2.24, 2.45) is 0 Å². The summed E-state index contributed by atoms with van der Waals surface area (Å²) in [6, 6.07) is 8.18. The van der Waals surface area contributed by atoms with Gasteiger partial charge in [0.2, 0.25) is 0 Å². The summed E-state index contributed by atoms with van der Waals surface area (Å²) in [5.74, 6) is 2.63. The molecule has 0 aromatic carbocycles. The summed E-state index contributed by atoms with van der Waals surface area (Å²) in [6.45, 7) is 6.96. The lowest BCUT2D eigenvalue weighted by Gasteiger charge is -2.21. The second kappa shape index (κ2) is 8.99. The van der Waals surface area contributed by atoms with Gasteiger partial charge in [-0.2, -0.15) is 0 Å². The first-order chi connectivity index (χ1) is 14.2. The van der Waals surface area contributed by atoms with Crippen LogP contribution in [0.5, 0.6) is 0 Å². The molecular weight excluding hydrogens is 360 g/mol. The van der Waals surface area contributed by atoms with Crippen molar-refractivity contribution in [3.63, 3.8) is 0 Å². The van der Waals surface area contributed by atoms with E-state index in [4.69, 9.17) is 9.97 Å². The summed E-state index contributed by atoms with van der Waals surface area (Å²) >= 11 is 0. The first kappa shape index (κ1) is 19.3. The van der Waals surface area contributed by atoms with Crippen LogP contribution in [0.2, 0.25) is 0 Å². The molecule has 0 bridgehead atoms. The largest absolute Gasteiger partial charge is 0.366 e. The molecule has 0 atom stereocenters. The summed E-state index contributed by atoms with van der Waals surface area (Å²) in [5.41, 5.74) is 4.09. The third kappa shape index (κ3) is 4.70. The molecule has 0 aliphatic carbocycles. The van der Waals surface area contributed by atoms with Crippen LogP contribution in [-0.4, -0.2) is 33.0 Å². The molecule has 6 nitrogen and oxygen atoms in total. The minimum absolute atomic E-state index is 0.678. The number of nitrogens with one attached hydrogen (secondary N) is 1. The Morgan fingerprint density at radius 1 is 0.966 bits per heavy atom. The molecule has 1 aliphatic heterocycles. The third-order valence-corrected chi connectivity index (χ3v) is 5.51. The second-order valence-corrected chi connectivity index (χ2v) is 7.63. The molecule has 1 saturated heterocycles. The van der Waals surface area contributed by atoms with Crippen LogP contribution in [-0.2, 0) is 6.54 Å². The van der Waals surface area contributed by atoms with Gasteiger partial charge in [0, 0.05) is 55.0 Å². The van der Waals surface area contributed by atoms with E-state index in [1.165, 1.54) is 25.7 Å². The van der Waals surface area contributed by atoms with E-state index in [1.807, 2.05) is 32.2 Å². The van der Waals surface area contributed by atoms with Gasteiger partial charge in [-0.05, 0) is 50.5 Å². The quantitative estimate of drug-likeness (QED) is 0.692. The fourth-order valence-electron chi connectivity index (χ4n) is 3.62. The average molecular weight is 389 g/mol. The van der Waals surface area contributed by atoms with Gasteiger partial charge in [0.15, 0.2) is 5.82 Å². The van der Waals surface area contributed by atoms with Crippen LogP contribution in [0.3, 0.4) is 0 Å². The highest BCUT2D eigenvalue weighted by Gasteiger charge is 2.12. The van der Waals surface area contributed by atoms with Crippen molar-refractivity contribution in [2.45, 2.75) is 46.1 Å². The molecule has 1 aliphatic rings. The first-order valence-corrected chi connectivity index (χ1v) is 10.4. The van der Waals surface area contributed by atoms with Gasteiger partial charge in [-0.15, -0.1) is 0 Å². The van der Waals surface area contributed by atoms with Gasteiger partial charge < -0.3 is 10.2 Å². The van der Waals surface area contributed by atoms with Crippen LogP contribution in [0.4, 0.5) is 11.6 Å². The van der Waals surface area contributed by atoms with Crippen LogP contribution in [0, 0.1) is 13.8 Å². The molecule has 0 saturated carbocycles. The Balaban J connectivity index is 1.46. The fourth-order valence-corrected chi connectivity index (χ4v) is 3.62. The predicted octanol–water partition coefficient (Wildman–Crippen LogP) is 4.54. The van der Waals surface area contributed by atoms with Gasteiger partial charge in [-0.25, -0.2) is 15.0 Å². The summed E-state index contributed by atoms with van der Waals surface area (Å²) in [7, 11) is 0. The number of rotatable bonds is 5. The zero-order valence-electron chi connectivity index (χ0n) is 17.2. The van der Waals surface area contributed by atoms with Crippen molar-refractivity contribution < 1.29 is 0 Å². The number of anilines is 2. The maximum Gasteiger partial charge on any atom is 0.163 e. The molecule has 6 heteroatoms. The number of aromatic nitrogens is 4. The van der Waals surface area contributed by atoms with Gasteiger partial charge in [0.05, 0.1) is 0 Å². The highest BCUT2D eigenvalue weighted by atomic mass is 15.2. The minimum Gasteiger partial charge on any atom is -0.366 e. The molecule has 1 fully saturated rings. The molecule has 3 aromatic rings. The molecule has 3 aromatic heterocycles. The second-order valence-electron chi connectivity index (χ2n) is 7.63. The Morgan fingerprint density at radius 3 is 2.48 bits per heavy atom. The van der Waals surface area contributed by atoms with Crippen LogP contribution >= 0.6 is 0 Å². The molecular formula is C23H28N6. The molecule has 1 N–H and O–H groups in total. The topological polar surface area (TPSA) is 66.8 Å². The van der Waals surface area contributed by atoms with Gasteiger partial charge in [0.1, 0.15) is 11.6 Å². The van der Waals surface area contributed by atoms with Crippen LogP contribution in [0.25, 0.3) is 11.4 Å². The van der Waals surface area contributed by atoms with E-state index in [-0.39, 0.29) is 0 Å². The van der Waals surface area contributed by atoms with Crippen LogP contribution < -0.4 is 10.2 Å². The molecule has 0 amide bonds. The first-order valence-electron chi connectivity index (χ1n) is 10.4. The zero-order valence-corrected chi connectivity index (χ0v) is 17.2. The molecule has 150 valence electrons. The maximum absolute atomic E-state index is 4.73. The van der Waals surface area contributed by atoms with Gasteiger partial charge in [-0.3, -0.25) is 4.98 Å². The molecule has 4 rings (SSSR count). The van der Waals surface area contributed by atoms with Gasteiger partial charge >= 0.3 is 0 Å². The van der Waals surface area contributed by atoms with Crippen LogP contribution in [0.15, 0.2) is 42.9 Å². The lowest BCUT2D eigenvalue weighted by molar-refractivity contribution is 0.726. The predicted molar refractivity (Wildman–Crippen MR) is 117 cm³/mol. The van der Waals surface area contributed by atoms with Crippen molar-refractivity contribution in [3.05, 3.63) is 59.7 Å². The lowest BCUT2D eigenvalue weighted by atomic mass is 10.2. The summed E-state index contributed by atoms with van der Waals surface area (Å²) in [5, 5.41) is 3.46. The van der Waals surface area contributed by atoms with E-state index >= 15 is 0 Å². The van der Waals surface area contributed by atoms with Gasteiger partial charge in [0.25, 0.3) is 0 Å². The highest BCUT2D eigenvalue weighted by Crippen LogP contribution is 2.22. The monoisotopic (exact) mass is 388 g/mol. The Morgan fingerprint density at radius 2 is 1.79 bits per heavy atom. The zero-order chi connectivity index (χ0) is 20.1. The number of pyridine rings is 2. The Bertz CT molecular complexity index is 932. The minimum atomic E-state index is 0.678. The summed E-state index contributed by atoms with van der Waals surface area (Å²) in [4.78, 5) is 20.6. The Hall–Kier alpha value is -3.02. The number of aryl methyl sites for hydroxylation is 1. The fraction of sp³-hybridized carbons (Fsp3) is 0.391. The standard InChI is InChI=1S/C23H28N6/c1-17-18(2)27-23(20-8-7-11-24-16-20)28-22(17)26-15-19-9-10-21(25-14-19)29-12-5-3-4-6-13-29/h7-11,14,16H,3-6,12-13,15H2,1-2H3,(H,26,27,28). The van der Waals surface area contributed by atoms with Crippen molar-refractivity contribution in [1.29, 1.82) is 0 Å². The Kier molecular flexibility index (Phi) is 5.98. The molecule has 0 radical (unpaired) electrons. The van der Waals surface area contributed by atoms with Crippen molar-refractivity contribution >= 4 is 11.6 Å². The van der Waals surface area contributed by atoms with E-state index in [9.17, 15) is 0 Å². The van der Waals surface area contributed by atoms with E-state index in [0.717, 1.165) is 47.1 Å². The van der Waals surface area contributed by atoms with E-state index < -0.39 is 0 Å². The smallest absolute Gasteiger partial charge is 0.163 e.